The molecule has 1 heterocycles. The zero-order valence-electron chi connectivity index (χ0n) is 10.0. The summed E-state index contributed by atoms with van der Waals surface area (Å²) in [5, 5.41) is -0.145. The molecule has 0 atom stereocenters. The van der Waals surface area contributed by atoms with Crippen LogP contribution in [0.3, 0.4) is 0 Å². The molecule has 0 saturated heterocycles. The average Bonchev–Trinajstić information content (AvgIpc) is 2.32. The van der Waals surface area contributed by atoms with Gasteiger partial charge in [0.25, 0.3) is 0 Å². The first-order valence-corrected chi connectivity index (χ1v) is 5.39. The predicted octanol–water partition coefficient (Wildman–Crippen LogP) is 3.46. The number of aromatic nitrogens is 1. The Kier molecular flexibility index (Phi) is 3.41. The number of fused-ring (bicyclic) bond motifs is 1. The van der Waals surface area contributed by atoms with Gasteiger partial charge in [-0.1, -0.05) is 6.07 Å². The fourth-order valence-corrected chi connectivity index (χ4v) is 1.86. The first kappa shape index (κ1) is 14.3. The molecule has 0 aliphatic carbocycles. The monoisotopic (exact) mass is 293 g/mol. The molecule has 0 bridgehead atoms. The molecule has 0 amide bonds. The minimum atomic E-state index is -4.80. The van der Waals surface area contributed by atoms with Crippen molar-refractivity contribution in [2.24, 2.45) is 0 Å². The molecule has 1 aromatic carbocycles. The molecule has 0 radical (unpaired) electrons. The fourth-order valence-electron chi connectivity index (χ4n) is 1.86. The van der Waals surface area contributed by atoms with Crippen LogP contribution in [0, 0.1) is 6.92 Å². The molecule has 0 aliphatic rings. The Morgan fingerprint density at radius 1 is 1.25 bits per heavy atom. The lowest BCUT2D eigenvalue weighted by Gasteiger charge is -2.13. The minimum Gasteiger partial charge on any atom is -0.433 e. The van der Waals surface area contributed by atoms with E-state index in [0.717, 1.165) is 13.0 Å². The minimum absolute atomic E-state index is 0.145. The van der Waals surface area contributed by atoms with E-state index in [2.05, 4.69) is 4.74 Å². The molecule has 0 saturated carbocycles. The van der Waals surface area contributed by atoms with Crippen LogP contribution in [0.2, 0.25) is 0 Å². The molecule has 2 rings (SSSR count). The highest BCUT2D eigenvalue weighted by atomic mass is 19.4. The number of hydrogen-bond acceptors (Lipinski definition) is 2. The van der Waals surface area contributed by atoms with Crippen molar-refractivity contribution in [3.63, 3.8) is 0 Å². The second-order valence-corrected chi connectivity index (χ2v) is 4.01. The van der Waals surface area contributed by atoms with Crippen LogP contribution in [0.5, 0.6) is 5.75 Å². The largest absolute Gasteiger partial charge is 0.433 e. The third-order valence-corrected chi connectivity index (χ3v) is 2.74. The van der Waals surface area contributed by atoms with Crippen molar-refractivity contribution in [3.8, 4) is 5.75 Å². The van der Waals surface area contributed by atoms with Crippen molar-refractivity contribution in [3.05, 3.63) is 39.7 Å². The van der Waals surface area contributed by atoms with Crippen molar-refractivity contribution in [2.45, 2.75) is 19.7 Å². The summed E-state index contributed by atoms with van der Waals surface area (Å²) >= 11 is 0. The fraction of sp³-hybridized carbons (Fsp3) is 0.250. The molecule has 0 fully saturated rings. The Hall–Kier alpha value is -2.12. The predicted molar refractivity (Wildman–Crippen MR) is 60.9 cm³/mol. The van der Waals surface area contributed by atoms with Gasteiger partial charge in [-0.25, -0.2) is 0 Å². The lowest BCUT2D eigenvalue weighted by molar-refractivity contribution is -0.141. The maximum Gasteiger partial charge on any atom is 0.431 e. The molecular formula is C12H8F5NO2. The van der Waals surface area contributed by atoms with Crippen LogP contribution in [0.1, 0.15) is 11.3 Å². The van der Waals surface area contributed by atoms with Gasteiger partial charge in [-0.2, -0.15) is 22.0 Å². The van der Waals surface area contributed by atoms with E-state index in [9.17, 15) is 26.7 Å². The summed E-state index contributed by atoms with van der Waals surface area (Å²) in [6.07, 6.45) is -4.80. The molecule has 1 N–H and O–H groups in total. The van der Waals surface area contributed by atoms with Crippen molar-refractivity contribution >= 4 is 10.9 Å². The van der Waals surface area contributed by atoms with Crippen LogP contribution in [-0.4, -0.2) is 11.6 Å². The summed E-state index contributed by atoms with van der Waals surface area (Å²) in [5.74, 6) is -0.514. The Balaban J connectivity index is 2.82. The van der Waals surface area contributed by atoms with Crippen LogP contribution in [-0.2, 0) is 6.18 Å². The Morgan fingerprint density at radius 3 is 2.45 bits per heavy atom. The van der Waals surface area contributed by atoms with Gasteiger partial charge in [0.2, 0.25) is 0 Å². The molecule has 0 unspecified atom stereocenters. The topological polar surface area (TPSA) is 42.1 Å². The van der Waals surface area contributed by atoms with Gasteiger partial charge < -0.3 is 9.72 Å². The number of hydrogen-bond donors (Lipinski definition) is 1. The number of aromatic amines is 1. The number of H-pyrrole nitrogens is 1. The number of alkyl halides is 5. The van der Waals surface area contributed by atoms with E-state index in [1.807, 2.05) is 4.98 Å². The molecular weight excluding hydrogens is 285 g/mol. The maximum absolute atomic E-state index is 12.8. The van der Waals surface area contributed by atoms with E-state index in [0.29, 0.717) is 0 Å². The van der Waals surface area contributed by atoms with Crippen molar-refractivity contribution in [2.75, 3.05) is 0 Å². The van der Waals surface area contributed by atoms with E-state index in [1.54, 1.807) is 0 Å². The zero-order chi connectivity index (χ0) is 15.1. The number of nitrogens with one attached hydrogen (secondary N) is 1. The van der Waals surface area contributed by atoms with E-state index in [1.165, 1.54) is 12.1 Å². The van der Waals surface area contributed by atoms with E-state index >= 15 is 0 Å². The van der Waals surface area contributed by atoms with Crippen LogP contribution in [0.4, 0.5) is 22.0 Å². The van der Waals surface area contributed by atoms with Gasteiger partial charge in [0.05, 0.1) is 5.52 Å². The van der Waals surface area contributed by atoms with Crippen LogP contribution in [0.25, 0.3) is 10.9 Å². The van der Waals surface area contributed by atoms with Crippen LogP contribution < -0.4 is 10.2 Å². The van der Waals surface area contributed by atoms with Gasteiger partial charge in [0.1, 0.15) is 11.4 Å². The molecule has 108 valence electrons. The number of halogens is 5. The second kappa shape index (κ2) is 4.77. The molecule has 2 aromatic rings. The maximum atomic E-state index is 12.8. The first-order chi connectivity index (χ1) is 9.21. The van der Waals surface area contributed by atoms with Crippen LogP contribution >= 0.6 is 0 Å². The summed E-state index contributed by atoms with van der Waals surface area (Å²) < 4.78 is 66.9. The van der Waals surface area contributed by atoms with Gasteiger partial charge in [0.15, 0.2) is 5.43 Å². The third-order valence-electron chi connectivity index (χ3n) is 2.74. The van der Waals surface area contributed by atoms with Gasteiger partial charge in [-0.05, 0) is 19.1 Å². The normalized spacial score (nSPS) is 12.2. The number of para-hydroxylation sites is 1. The lowest BCUT2D eigenvalue weighted by Crippen LogP contribution is -2.19. The van der Waals surface area contributed by atoms with Crippen LogP contribution in [0.15, 0.2) is 23.0 Å². The highest BCUT2D eigenvalue weighted by molar-refractivity contribution is 5.85. The number of rotatable bonds is 2. The average molecular weight is 293 g/mol. The van der Waals surface area contributed by atoms with Crippen molar-refractivity contribution in [1.82, 2.24) is 4.98 Å². The third kappa shape index (κ3) is 2.45. The van der Waals surface area contributed by atoms with E-state index in [-0.39, 0.29) is 5.39 Å². The highest BCUT2D eigenvalue weighted by Crippen LogP contribution is 2.32. The Labute approximate surface area is 109 Å². The highest BCUT2D eigenvalue weighted by Gasteiger charge is 2.35. The van der Waals surface area contributed by atoms with Gasteiger partial charge in [0, 0.05) is 10.9 Å². The first-order valence-electron chi connectivity index (χ1n) is 5.39. The Bertz CT molecular complexity index is 705. The second-order valence-electron chi connectivity index (χ2n) is 4.01. The standard InChI is InChI=1S/C12H8F5NO2/c1-5-9(19)6-3-2-4-7(20-11(13)14)8(6)18-10(5)12(15,16)17/h2-4,11H,1H3,(H,18,19). The van der Waals surface area contributed by atoms with Crippen molar-refractivity contribution < 1.29 is 26.7 Å². The summed E-state index contributed by atoms with van der Waals surface area (Å²) in [6.45, 7) is -2.19. The summed E-state index contributed by atoms with van der Waals surface area (Å²) in [6, 6.07) is 3.54. The lowest BCUT2D eigenvalue weighted by atomic mass is 10.1. The van der Waals surface area contributed by atoms with E-state index in [4.69, 9.17) is 0 Å². The summed E-state index contributed by atoms with van der Waals surface area (Å²) in [5.41, 5.74) is -3.10. The molecule has 0 aliphatic heterocycles. The molecule has 3 nitrogen and oxygen atoms in total. The van der Waals surface area contributed by atoms with E-state index < -0.39 is 40.7 Å². The Morgan fingerprint density at radius 2 is 1.90 bits per heavy atom. The smallest absolute Gasteiger partial charge is 0.431 e. The number of ether oxygens (including phenoxy) is 1. The molecule has 0 spiro atoms. The summed E-state index contributed by atoms with van der Waals surface area (Å²) in [4.78, 5) is 13.8. The number of benzene rings is 1. The molecule has 8 heteroatoms. The summed E-state index contributed by atoms with van der Waals surface area (Å²) in [7, 11) is 0. The zero-order valence-corrected chi connectivity index (χ0v) is 10.0. The van der Waals surface area contributed by atoms with Gasteiger partial charge in [-0.3, -0.25) is 4.79 Å². The van der Waals surface area contributed by atoms with Gasteiger partial charge >= 0.3 is 12.8 Å². The van der Waals surface area contributed by atoms with Crippen molar-refractivity contribution in [1.29, 1.82) is 0 Å². The molecule has 1 aromatic heterocycles. The number of pyridine rings is 1. The SMILES string of the molecule is Cc1c(C(F)(F)F)[nH]c2c(OC(F)F)cccc2c1=O. The quantitative estimate of drug-likeness (QED) is 0.862. The van der Waals surface area contributed by atoms with Gasteiger partial charge in [-0.15, -0.1) is 0 Å². The molecule has 20 heavy (non-hydrogen) atoms.